The van der Waals surface area contributed by atoms with E-state index in [9.17, 15) is 9.59 Å². The lowest BCUT2D eigenvalue weighted by Gasteiger charge is -2.62. The van der Waals surface area contributed by atoms with E-state index in [0.717, 1.165) is 55.4 Å². The zero-order chi connectivity index (χ0) is 28.2. The zero-order valence-corrected chi connectivity index (χ0v) is 25.1. The minimum Gasteiger partial charge on any atom is -0.463 e. The van der Waals surface area contributed by atoms with Gasteiger partial charge in [0, 0.05) is 25.7 Å². The Kier molecular flexibility index (Phi) is 7.28. The van der Waals surface area contributed by atoms with E-state index in [4.69, 9.17) is 14.5 Å². The van der Waals surface area contributed by atoms with Crippen LogP contribution in [0.25, 0.3) is 11.0 Å². The maximum absolute atomic E-state index is 12.5. The molecule has 0 amide bonds. The molecule has 0 aliphatic heterocycles. The molecule has 6 rings (SSSR count). The molecule has 10 atom stereocenters. The van der Waals surface area contributed by atoms with Gasteiger partial charge in [-0.25, -0.2) is 4.98 Å². The lowest BCUT2D eigenvalue weighted by molar-refractivity contribution is -0.197. The number of benzene rings is 1. The van der Waals surface area contributed by atoms with Gasteiger partial charge in [-0.1, -0.05) is 32.9 Å². The minimum absolute atomic E-state index is 0.0122. The van der Waals surface area contributed by atoms with Crippen LogP contribution in [-0.2, 0) is 25.5 Å². The van der Waals surface area contributed by atoms with E-state index in [-0.39, 0.29) is 35.0 Å². The average molecular weight is 549 g/mol. The Bertz CT molecular complexity index is 1220. The van der Waals surface area contributed by atoms with E-state index >= 15 is 0 Å². The fraction of sp³-hybridized carbons (Fsp3) is 0.735. The predicted octanol–water partition coefficient (Wildman–Crippen LogP) is 7.26. The number of para-hydroxylation sites is 2. The molecule has 4 aliphatic rings. The lowest BCUT2D eigenvalue weighted by Crippen LogP contribution is -2.59. The number of carbonyl (C=O) groups is 2. The molecule has 40 heavy (non-hydrogen) atoms. The third-order valence-corrected chi connectivity index (χ3v) is 12.4. The minimum atomic E-state index is -0.155. The SMILES string of the molecule is CC(=O)O[C@H]1CC[C@@]2(C)[C@@H](CC[C@H]3[C@H]2C[C@@H](OC(C)=O)[C@]2(C)[C@@H]3CC[C@H]2[C@@H](C)CCc2nc3ccccc3[nH]2)C1. The number of H-pyrrole nitrogens is 1. The summed E-state index contributed by atoms with van der Waals surface area (Å²) in [6, 6.07) is 8.26. The molecule has 4 saturated carbocycles. The van der Waals surface area contributed by atoms with E-state index in [2.05, 4.69) is 44.0 Å². The maximum Gasteiger partial charge on any atom is 0.302 e. The summed E-state index contributed by atoms with van der Waals surface area (Å²) < 4.78 is 12.0. The number of hydrogen-bond donors (Lipinski definition) is 1. The van der Waals surface area contributed by atoms with Gasteiger partial charge in [0.1, 0.15) is 18.0 Å². The van der Waals surface area contributed by atoms with Crippen molar-refractivity contribution in [3.8, 4) is 0 Å². The Morgan fingerprint density at radius 2 is 1.77 bits per heavy atom. The first-order valence-electron chi connectivity index (χ1n) is 15.9. The summed E-state index contributed by atoms with van der Waals surface area (Å²) in [7, 11) is 0. The highest BCUT2D eigenvalue weighted by molar-refractivity contribution is 5.74. The van der Waals surface area contributed by atoms with Crippen molar-refractivity contribution in [2.75, 3.05) is 0 Å². The summed E-state index contributed by atoms with van der Waals surface area (Å²) in [5.41, 5.74) is 2.39. The molecular formula is C34H48N2O4. The van der Waals surface area contributed by atoms with Crippen molar-refractivity contribution in [1.82, 2.24) is 9.97 Å². The van der Waals surface area contributed by atoms with Gasteiger partial charge in [0.2, 0.25) is 0 Å². The molecule has 0 spiro atoms. The summed E-state index contributed by atoms with van der Waals surface area (Å²) in [6.07, 6.45) is 11.0. The predicted molar refractivity (Wildman–Crippen MR) is 155 cm³/mol. The fourth-order valence-electron chi connectivity index (χ4n) is 10.5. The van der Waals surface area contributed by atoms with Crippen molar-refractivity contribution < 1.29 is 19.1 Å². The van der Waals surface area contributed by atoms with Crippen LogP contribution in [-0.4, -0.2) is 34.1 Å². The monoisotopic (exact) mass is 548 g/mol. The topological polar surface area (TPSA) is 81.3 Å². The molecule has 6 heteroatoms. The van der Waals surface area contributed by atoms with Gasteiger partial charge in [-0.05, 0) is 111 Å². The van der Waals surface area contributed by atoms with Gasteiger partial charge in [0.25, 0.3) is 0 Å². The summed E-state index contributed by atoms with van der Waals surface area (Å²) in [5, 5.41) is 0. The molecular weight excluding hydrogens is 500 g/mol. The van der Waals surface area contributed by atoms with E-state index in [1.165, 1.54) is 32.6 Å². The largest absolute Gasteiger partial charge is 0.463 e. The second-order valence-corrected chi connectivity index (χ2v) is 14.3. The Labute approximate surface area is 239 Å². The first-order valence-corrected chi connectivity index (χ1v) is 15.9. The van der Waals surface area contributed by atoms with E-state index < -0.39 is 0 Å². The lowest BCUT2D eigenvalue weighted by atomic mass is 9.43. The Hall–Kier alpha value is -2.37. The van der Waals surface area contributed by atoms with Crippen molar-refractivity contribution >= 4 is 23.0 Å². The summed E-state index contributed by atoms with van der Waals surface area (Å²) in [5.74, 6) is 4.28. The zero-order valence-electron chi connectivity index (χ0n) is 25.1. The van der Waals surface area contributed by atoms with Gasteiger partial charge < -0.3 is 14.5 Å². The third-order valence-electron chi connectivity index (χ3n) is 12.4. The van der Waals surface area contributed by atoms with Crippen molar-refractivity contribution in [3.05, 3.63) is 30.1 Å². The molecule has 4 aliphatic carbocycles. The van der Waals surface area contributed by atoms with Crippen LogP contribution in [0, 0.1) is 46.3 Å². The van der Waals surface area contributed by atoms with Crippen molar-refractivity contribution in [2.24, 2.45) is 46.3 Å². The molecule has 0 saturated heterocycles. The number of nitrogens with one attached hydrogen (secondary N) is 1. The van der Waals surface area contributed by atoms with Crippen LogP contribution in [0.5, 0.6) is 0 Å². The van der Waals surface area contributed by atoms with Crippen LogP contribution in [0.1, 0.15) is 98.2 Å². The molecule has 0 unspecified atom stereocenters. The van der Waals surface area contributed by atoms with Crippen molar-refractivity contribution in [3.63, 3.8) is 0 Å². The number of imidazole rings is 1. The number of hydrogen-bond acceptors (Lipinski definition) is 5. The second-order valence-electron chi connectivity index (χ2n) is 14.3. The Morgan fingerprint density at radius 1 is 1.00 bits per heavy atom. The Balaban J connectivity index is 1.22. The van der Waals surface area contributed by atoms with Gasteiger partial charge in [0.05, 0.1) is 11.0 Å². The van der Waals surface area contributed by atoms with Gasteiger partial charge in [0.15, 0.2) is 0 Å². The highest BCUT2D eigenvalue weighted by Crippen LogP contribution is 2.69. The maximum atomic E-state index is 12.5. The van der Waals surface area contributed by atoms with Gasteiger partial charge in [-0.3, -0.25) is 9.59 Å². The van der Waals surface area contributed by atoms with E-state index in [0.29, 0.717) is 35.5 Å². The number of ether oxygens (including phenoxy) is 2. The molecule has 0 radical (unpaired) electrons. The number of aromatic amines is 1. The number of carbonyl (C=O) groups excluding carboxylic acids is 2. The van der Waals surface area contributed by atoms with Crippen LogP contribution < -0.4 is 0 Å². The normalized spacial score (nSPS) is 39.6. The van der Waals surface area contributed by atoms with E-state index in [1.807, 2.05) is 6.07 Å². The second kappa shape index (κ2) is 10.5. The van der Waals surface area contributed by atoms with Crippen LogP contribution in [0.2, 0.25) is 0 Å². The average Bonchev–Trinajstić information content (AvgIpc) is 3.49. The number of nitrogens with zero attached hydrogens (tertiary/aromatic N) is 1. The molecule has 1 aromatic heterocycles. The number of fused-ring (bicyclic) bond motifs is 6. The van der Waals surface area contributed by atoms with Crippen molar-refractivity contribution in [1.29, 1.82) is 0 Å². The van der Waals surface area contributed by atoms with Crippen molar-refractivity contribution in [2.45, 2.75) is 111 Å². The highest BCUT2D eigenvalue weighted by Gasteiger charge is 2.65. The smallest absolute Gasteiger partial charge is 0.302 e. The number of esters is 2. The van der Waals surface area contributed by atoms with Crippen LogP contribution >= 0.6 is 0 Å². The molecule has 0 bridgehead atoms. The molecule has 218 valence electrons. The quantitative estimate of drug-likeness (QED) is 0.384. The standard InChI is InChI=1S/C34H48N2O4/c1-20(10-15-32-35-29-8-6-7-9-30(29)36-32)26-13-14-27-25-12-11-23-18-24(39-21(2)37)16-17-33(23,4)28(25)19-31(34(26,27)5)40-22(3)38/h6-9,20,23-28,31H,10-19H2,1-5H3,(H,35,36)/t20-,23-,24-,25+,26-,27+,28+,31+,33-,34-/m0/s1. The van der Waals surface area contributed by atoms with Crippen LogP contribution in [0.15, 0.2) is 24.3 Å². The molecule has 2 aromatic rings. The molecule has 6 nitrogen and oxygen atoms in total. The fourth-order valence-corrected chi connectivity index (χ4v) is 10.5. The van der Waals surface area contributed by atoms with Gasteiger partial charge in [-0.15, -0.1) is 0 Å². The summed E-state index contributed by atoms with van der Waals surface area (Å²) in [4.78, 5) is 32.5. The highest BCUT2D eigenvalue weighted by atomic mass is 16.5. The van der Waals surface area contributed by atoms with Gasteiger partial charge >= 0.3 is 11.9 Å². The van der Waals surface area contributed by atoms with Gasteiger partial charge in [-0.2, -0.15) is 0 Å². The van der Waals surface area contributed by atoms with Crippen LogP contribution in [0.3, 0.4) is 0 Å². The molecule has 1 aromatic carbocycles. The summed E-state index contributed by atoms with van der Waals surface area (Å²) >= 11 is 0. The Morgan fingerprint density at radius 3 is 2.52 bits per heavy atom. The first-order chi connectivity index (χ1) is 19.1. The first kappa shape index (κ1) is 27.8. The third kappa shape index (κ3) is 4.67. The summed E-state index contributed by atoms with van der Waals surface area (Å²) in [6.45, 7) is 10.5. The van der Waals surface area contributed by atoms with Crippen LogP contribution in [0.4, 0.5) is 0 Å². The molecule has 4 fully saturated rings. The number of rotatable bonds is 6. The van der Waals surface area contributed by atoms with E-state index in [1.54, 1.807) is 6.92 Å². The number of aromatic nitrogens is 2. The molecule has 1 N–H and O–H groups in total. The number of aryl methyl sites for hydroxylation is 1. The molecule has 1 heterocycles.